The summed E-state index contributed by atoms with van der Waals surface area (Å²) < 4.78 is 5.26. The van der Waals surface area contributed by atoms with Crippen LogP contribution in [0.15, 0.2) is 12.2 Å². The molecule has 0 saturated heterocycles. The Balaban J connectivity index is 3.36. The average molecular weight is 138 g/mol. The highest BCUT2D eigenvalue weighted by Gasteiger charge is 1.90. The lowest BCUT2D eigenvalue weighted by atomic mass is 10.4. The molecular formula is C9H14O. The molecule has 0 radical (unpaired) electrons. The fraction of sp³-hybridized carbons (Fsp3) is 0.556. The predicted molar refractivity (Wildman–Crippen MR) is 43.7 cm³/mol. The standard InChI is InChI=1S/C9H14O/c1-4-6-8-10-9(3)7-5-2/h5,7,9H,8H2,1-3H3/b7-5-. The van der Waals surface area contributed by atoms with E-state index in [9.17, 15) is 0 Å². The summed E-state index contributed by atoms with van der Waals surface area (Å²) >= 11 is 0. The first-order chi connectivity index (χ1) is 4.81. The van der Waals surface area contributed by atoms with Crippen LogP contribution in [0, 0.1) is 11.8 Å². The van der Waals surface area contributed by atoms with E-state index in [1.165, 1.54) is 0 Å². The Morgan fingerprint density at radius 1 is 1.60 bits per heavy atom. The normalized spacial score (nSPS) is 12.7. The second kappa shape index (κ2) is 6.38. The van der Waals surface area contributed by atoms with Gasteiger partial charge in [-0.3, -0.25) is 0 Å². The molecular weight excluding hydrogens is 124 g/mol. The minimum absolute atomic E-state index is 0.186. The Morgan fingerprint density at radius 3 is 2.80 bits per heavy atom. The van der Waals surface area contributed by atoms with Gasteiger partial charge in [0.15, 0.2) is 0 Å². The maximum absolute atomic E-state index is 5.26. The summed E-state index contributed by atoms with van der Waals surface area (Å²) in [6, 6.07) is 0. The quantitative estimate of drug-likeness (QED) is 0.428. The third-order valence-electron chi connectivity index (χ3n) is 1.06. The van der Waals surface area contributed by atoms with Crippen LogP contribution in [-0.2, 0) is 4.74 Å². The maximum Gasteiger partial charge on any atom is 0.108 e. The fourth-order valence-electron chi connectivity index (χ4n) is 0.572. The van der Waals surface area contributed by atoms with Crippen LogP contribution in [0.5, 0.6) is 0 Å². The van der Waals surface area contributed by atoms with Gasteiger partial charge in [-0.25, -0.2) is 0 Å². The number of hydrogen-bond acceptors (Lipinski definition) is 1. The Kier molecular flexibility index (Phi) is 5.91. The molecule has 1 nitrogen and oxygen atoms in total. The van der Waals surface area contributed by atoms with E-state index in [4.69, 9.17) is 4.74 Å². The number of ether oxygens (including phenoxy) is 1. The molecule has 0 aliphatic heterocycles. The zero-order valence-corrected chi connectivity index (χ0v) is 6.85. The van der Waals surface area contributed by atoms with Crippen molar-refractivity contribution in [2.45, 2.75) is 26.9 Å². The molecule has 0 bridgehead atoms. The molecule has 0 aliphatic carbocycles. The summed E-state index contributed by atoms with van der Waals surface area (Å²) in [4.78, 5) is 0. The third kappa shape index (κ3) is 5.40. The molecule has 1 heteroatoms. The van der Waals surface area contributed by atoms with Crippen LogP contribution >= 0.6 is 0 Å². The second-order valence-electron chi connectivity index (χ2n) is 1.97. The van der Waals surface area contributed by atoms with Crippen molar-refractivity contribution in [3.05, 3.63) is 12.2 Å². The fourth-order valence-corrected chi connectivity index (χ4v) is 0.572. The molecule has 1 unspecified atom stereocenters. The van der Waals surface area contributed by atoms with Gasteiger partial charge >= 0.3 is 0 Å². The smallest absolute Gasteiger partial charge is 0.108 e. The largest absolute Gasteiger partial charge is 0.362 e. The van der Waals surface area contributed by atoms with E-state index in [-0.39, 0.29) is 6.10 Å². The Bertz CT molecular complexity index is 148. The average Bonchev–Trinajstić information content (AvgIpc) is 1.89. The van der Waals surface area contributed by atoms with Gasteiger partial charge in [0.2, 0.25) is 0 Å². The molecule has 0 spiro atoms. The first-order valence-corrected chi connectivity index (χ1v) is 3.45. The first kappa shape index (κ1) is 9.26. The predicted octanol–water partition coefficient (Wildman–Crippen LogP) is 1.99. The van der Waals surface area contributed by atoms with Gasteiger partial charge in [0.25, 0.3) is 0 Å². The van der Waals surface area contributed by atoms with Crippen LogP contribution in [0.1, 0.15) is 20.8 Å². The van der Waals surface area contributed by atoms with Crippen LogP contribution in [0.4, 0.5) is 0 Å². The van der Waals surface area contributed by atoms with Crippen molar-refractivity contribution >= 4 is 0 Å². The maximum atomic E-state index is 5.26. The lowest BCUT2D eigenvalue weighted by Gasteiger charge is -2.03. The molecule has 1 atom stereocenters. The van der Waals surface area contributed by atoms with Crippen molar-refractivity contribution in [1.29, 1.82) is 0 Å². The molecule has 10 heavy (non-hydrogen) atoms. The van der Waals surface area contributed by atoms with E-state index < -0.39 is 0 Å². The van der Waals surface area contributed by atoms with Gasteiger partial charge in [0, 0.05) is 0 Å². The molecule has 0 saturated carbocycles. The van der Waals surface area contributed by atoms with Crippen LogP contribution in [0.25, 0.3) is 0 Å². The lowest BCUT2D eigenvalue weighted by molar-refractivity contribution is 0.127. The highest BCUT2D eigenvalue weighted by molar-refractivity contribution is 4.95. The van der Waals surface area contributed by atoms with Gasteiger partial charge in [0.1, 0.15) is 6.61 Å². The van der Waals surface area contributed by atoms with Crippen molar-refractivity contribution in [1.82, 2.24) is 0 Å². The minimum Gasteiger partial charge on any atom is -0.362 e. The molecule has 0 aromatic rings. The van der Waals surface area contributed by atoms with E-state index >= 15 is 0 Å². The Hall–Kier alpha value is -0.740. The van der Waals surface area contributed by atoms with Gasteiger partial charge in [0.05, 0.1) is 6.10 Å². The third-order valence-corrected chi connectivity index (χ3v) is 1.06. The van der Waals surface area contributed by atoms with Crippen LogP contribution in [0.3, 0.4) is 0 Å². The van der Waals surface area contributed by atoms with Crippen molar-refractivity contribution in [3.63, 3.8) is 0 Å². The van der Waals surface area contributed by atoms with E-state index in [0.29, 0.717) is 6.61 Å². The Morgan fingerprint density at radius 2 is 2.30 bits per heavy atom. The van der Waals surface area contributed by atoms with E-state index in [1.807, 2.05) is 32.9 Å². The van der Waals surface area contributed by atoms with Crippen LogP contribution < -0.4 is 0 Å². The highest BCUT2D eigenvalue weighted by atomic mass is 16.5. The summed E-state index contributed by atoms with van der Waals surface area (Å²) in [5.41, 5.74) is 0. The number of allylic oxidation sites excluding steroid dienone is 1. The highest BCUT2D eigenvalue weighted by Crippen LogP contribution is 1.90. The van der Waals surface area contributed by atoms with Gasteiger partial charge < -0.3 is 4.74 Å². The Labute approximate surface area is 63.1 Å². The summed E-state index contributed by atoms with van der Waals surface area (Å²) in [6.07, 6.45) is 4.16. The summed E-state index contributed by atoms with van der Waals surface area (Å²) in [6.45, 7) is 6.31. The molecule has 56 valence electrons. The van der Waals surface area contributed by atoms with E-state index in [2.05, 4.69) is 11.8 Å². The molecule has 0 aromatic heterocycles. The first-order valence-electron chi connectivity index (χ1n) is 3.45. The minimum atomic E-state index is 0.186. The molecule has 0 amide bonds. The summed E-state index contributed by atoms with van der Waals surface area (Å²) in [5, 5.41) is 0. The van der Waals surface area contributed by atoms with Crippen molar-refractivity contribution in [3.8, 4) is 11.8 Å². The van der Waals surface area contributed by atoms with Gasteiger partial charge in [-0.15, -0.1) is 5.92 Å². The SMILES string of the molecule is CC#CCOC(C)/C=C\C. The van der Waals surface area contributed by atoms with Crippen LogP contribution in [0.2, 0.25) is 0 Å². The van der Waals surface area contributed by atoms with Crippen molar-refractivity contribution < 1.29 is 4.74 Å². The zero-order chi connectivity index (χ0) is 7.82. The van der Waals surface area contributed by atoms with Crippen LogP contribution in [-0.4, -0.2) is 12.7 Å². The lowest BCUT2D eigenvalue weighted by Crippen LogP contribution is -2.03. The number of rotatable bonds is 3. The van der Waals surface area contributed by atoms with Gasteiger partial charge in [-0.2, -0.15) is 0 Å². The number of hydrogen-bond donors (Lipinski definition) is 0. The summed E-state index contributed by atoms with van der Waals surface area (Å²) in [5.74, 6) is 5.60. The molecule has 0 heterocycles. The monoisotopic (exact) mass is 138 g/mol. The second-order valence-corrected chi connectivity index (χ2v) is 1.97. The van der Waals surface area contributed by atoms with Crippen molar-refractivity contribution in [2.75, 3.05) is 6.61 Å². The topological polar surface area (TPSA) is 9.23 Å². The van der Waals surface area contributed by atoms with Crippen molar-refractivity contribution in [2.24, 2.45) is 0 Å². The molecule has 0 aliphatic rings. The van der Waals surface area contributed by atoms with E-state index in [0.717, 1.165) is 0 Å². The van der Waals surface area contributed by atoms with Gasteiger partial charge in [-0.05, 0) is 20.8 Å². The molecule has 0 N–H and O–H groups in total. The molecule has 0 aromatic carbocycles. The van der Waals surface area contributed by atoms with Gasteiger partial charge in [-0.1, -0.05) is 18.1 Å². The zero-order valence-electron chi connectivity index (χ0n) is 6.85. The molecule has 0 fully saturated rings. The van der Waals surface area contributed by atoms with E-state index in [1.54, 1.807) is 0 Å². The summed E-state index contributed by atoms with van der Waals surface area (Å²) in [7, 11) is 0. The molecule has 0 rings (SSSR count).